The highest BCUT2D eigenvalue weighted by atomic mass is 16.3. The summed E-state index contributed by atoms with van der Waals surface area (Å²) in [7, 11) is 0. The van der Waals surface area contributed by atoms with Crippen LogP contribution in [0.15, 0.2) is 28.7 Å². The van der Waals surface area contributed by atoms with Crippen molar-refractivity contribution in [1.82, 2.24) is 0 Å². The summed E-state index contributed by atoms with van der Waals surface area (Å²) in [6, 6.07) is 8.10. The van der Waals surface area contributed by atoms with E-state index < -0.39 is 0 Å². The summed E-state index contributed by atoms with van der Waals surface area (Å²) in [6.07, 6.45) is 2.98. The smallest absolute Gasteiger partial charge is 0.134 e. The van der Waals surface area contributed by atoms with Crippen molar-refractivity contribution in [2.24, 2.45) is 0 Å². The van der Waals surface area contributed by atoms with Crippen molar-refractivity contribution in [2.45, 2.75) is 25.7 Å². The van der Waals surface area contributed by atoms with E-state index in [1.165, 1.54) is 10.9 Å². The molecule has 1 aliphatic carbocycles. The van der Waals surface area contributed by atoms with Crippen LogP contribution in [0.25, 0.3) is 11.0 Å². The molecule has 0 amide bonds. The highest BCUT2D eigenvalue weighted by molar-refractivity contribution is 5.82. The van der Waals surface area contributed by atoms with Crippen molar-refractivity contribution in [3.8, 4) is 0 Å². The zero-order valence-electron chi connectivity index (χ0n) is 8.42. The molecule has 0 radical (unpaired) electrons. The van der Waals surface area contributed by atoms with Crippen LogP contribution in [0, 0.1) is 0 Å². The third-order valence-corrected chi connectivity index (χ3v) is 2.69. The molecule has 1 aliphatic rings. The lowest BCUT2D eigenvalue weighted by Gasteiger charge is -2.08. The average molecular weight is 173 g/mol. The predicted octanol–water partition coefficient (Wildman–Crippen LogP) is 3.31. The van der Waals surface area contributed by atoms with Gasteiger partial charge in [0.25, 0.3) is 0 Å². The number of furan rings is 1. The molecule has 0 saturated heterocycles. The predicted molar refractivity (Wildman–Crippen MR) is 52.9 cm³/mol. The largest absolute Gasteiger partial charge is 0.461 e. The molecule has 1 unspecified atom stereocenters. The molecule has 3 rings (SSSR count). The van der Waals surface area contributed by atoms with Crippen LogP contribution in [-0.4, -0.2) is 0 Å². The first kappa shape index (κ1) is 6.25. The first-order chi connectivity index (χ1) is 6.86. The Morgan fingerprint density at radius 1 is 1.23 bits per heavy atom. The number of hydrogen-bond acceptors (Lipinski definition) is 1. The monoisotopic (exact) mass is 173 g/mol. The minimum atomic E-state index is -0.147. The summed E-state index contributed by atoms with van der Waals surface area (Å²) in [5.41, 5.74) is 2.21. The number of hydrogen-bond donors (Lipinski definition) is 0. The van der Waals surface area contributed by atoms with E-state index in [0.717, 1.165) is 30.6 Å². The topological polar surface area (TPSA) is 13.1 Å². The Bertz CT molecular complexity index is 472. The lowest BCUT2D eigenvalue weighted by Crippen LogP contribution is -1.98. The van der Waals surface area contributed by atoms with Crippen LogP contribution in [0.1, 0.15) is 25.5 Å². The zero-order valence-corrected chi connectivity index (χ0v) is 7.42. The van der Waals surface area contributed by atoms with Crippen LogP contribution in [0.2, 0.25) is 0 Å². The maximum absolute atomic E-state index is 7.89. The Morgan fingerprint density at radius 3 is 3.15 bits per heavy atom. The molecule has 0 fully saturated rings. The second-order valence-corrected chi connectivity index (χ2v) is 3.54. The zero-order chi connectivity index (χ0) is 9.54. The minimum absolute atomic E-state index is 0.147. The van der Waals surface area contributed by atoms with Crippen molar-refractivity contribution >= 4 is 11.0 Å². The number of rotatable bonds is 0. The standard InChI is InChI=1S/C12H12O/c1-3-7-11-9(5-1)10-6-2-4-8-12(10)13-11/h1,3,5,7H,2,4,6,8H2/i8D. The van der Waals surface area contributed by atoms with E-state index in [1.807, 2.05) is 18.2 Å². The van der Waals surface area contributed by atoms with E-state index in [2.05, 4.69) is 6.07 Å². The third-order valence-electron chi connectivity index (χ3n) is 2.69. The highest BCUT2D eigenvalue weighted by Gasteiger charge is 2.16. The van der Waals surface area contributed by atoms with Gasteiger partial charge in [0, 0.05) is 18.7 Å². The molecule has 1 heterocycles. The molecular formula is C12H12O. The molecule has 0 N–H and O–H groups in total. The Morgan fingerprint density at radius 2 is 2.15 bits per heavy atom. The van der Waals surface area contributed by atoms with Gasteiger partial charge in [-0.1, -0.05) is 18.2 Å². The second-order valence-electron chi connectivity index (χ2n) is 3.54. The highest BCUT2D eigenvalue weighted by Crippen LogP contribution is 2.31. The van der Waals surface area contributed by atoms with Crippen LogP contribution >= 0.6 is 0 Å². The van der Waals surface area contributed by atoms with Crippen LogP contribution in [0.4, 0.5) is 0 Å². The molecule has 1 aromatic carbocycles. The molecular weight excluding hydrogens is 160 g/mol. The molecule has 13 heavy (non-hydrogen) atoms. The SMILES string of the molecule is [2H]C1CCCc2c1oc1ccccc21. The van der Waals surface area contributed by atoms with Crippen molar-refractivity contribution in [3.05, 3.63) is 35.6 Å². The van der Waals surface area contributed by atoms with Crippen molar-refractivity contribution in [1.29, 1.82) is 0 Å². The minimum Gasteiger partial charge on any atom is -0.461 e. The van der Waals surface area contributed by atoms with Crippen LogP contribution in [-0.2, 0) is 12.8 Å². The van der Waals surface area contributed by atoms with Gasteiger partial charge < -0.3 is 4.42 Å². The Balaban J connectivity index is 2.32. The lowest BCUT2D eigenvalue weighted by atomic mass is 9.96. The molecule has 1 heteroatoms. The van der Waals surface area contributed by atoms with Gasteiger partial charge in [0.1, 0.15) is 11.3 Å². The summed E-state index contributed by atoms with van der Waals surface area (Å²) in [6.45, 7) is 0. The fraction of sp³-hybridized carbons (Fsp3) is 0.333. The van der Waals surface area contributed by atoms with E-state index in [1.54, 1.807) is 0 Å². The van der Waals surface area contributed by atoms with Gasteiger partial charge in [-0.05, 0) is 25.3 Å². The summed E-state index contributed by atoms with van der Waals surface area (Å²) < 4.78 is 13.6. The second kappa shape index (κ2) is 2.63. The maximum atomic E-state index is 7.89. The summed E-state index contributed by atoms with van der Waals surface area (Å²) >= 11 is 0. The fourth-order valence-corrected chi connectivity index (χ4v) is 2.05. The number of para-hydroxylation sites is 1. The fourth-order valence-electron chi connectivity index (χ4n) is 2.05. The van der Waals surface area contributed by atoms with Crippen molar-refractivity contribution in [2.75, 3.05) is 0 Å². The van der Waals surface area contributed by atoms with E-state index in [-0.39, 0.29) is 6.40 Å². The Kier molecular flexibility index (Phi) is 1.26. The van der Waals surface area contributed by atoms with Gasteiger partial charge >= 0.3 is 0 Å². The molecule has 0 spiro atoms. The van der Waals surface area contributed by atoms with Crippen LogP contribution in [0.3, 0.4) is 0 Å². The molecule has 1 atom stereocenters. The Hall–Kier alpha value is -1.24. The molecule has 0 saturated carbocycles. The lowest BCUT2D eigenvalue weighted by molar-refractivity contribution is 0.506. The first-order valence-corrected chi connectivity index (χ1v) is 4.79. The van der Waals surface area contributed by atoms with E-state index in [0.29, 0.717) is 0 Å². The van der Waals surface area contributed by atoms with Gasteiger partial charge in [-0.25, -0.2) is 0 Å². The van der Waals surface area contributed by atoms with Gasteiger partial charge in [0.05, 0.1) is 0 Å². The molecule has 66 valence electrons. The molecule has 1 aromatic heterocycles. The Labute approximate surface area is 78.8 Å². The number of aryl methyl sites for hydroxylation is 2. The summed E-state index contributed by atoms with van der Waals surface area (Å²) in [5, 5.41) is 1.21. The summed E-state index contributed by atoms with van der Waals surface area (Å²) in [4.78, 5) is 0. The maximum Gasteiger partial charge on any atom is 0.134 e. The summed E-state index contributed by atoms with van der Waals surface area (Å²) in [5.74, 6) is 0.900. The van der Waals surface area contributed by atoms with E-state index in [9.17, 15) is 0 Å². The average Bonchev–Trinajstić information content (AvgIpc) is 2.59. The molecule has 0 aliphatic heterocycles. The van der Waals surface area contributed by atoms with Crippen LogP contribution in [0.5, 0.6) is 0 Å². The van der Waals surface area contributed by atoms with Crippen molar-refractivity contribution in [3.63, 3.8) is 0 Å². The normalized spacial score (nSPS) is 22.8. The third kappa shape index (κ3) is 0.998. The van der Waals surface area contributed by atoms with Gasteiger partial charge in [-0.15, -0.1) is 0 Å². The number of fused-ring (bicyclic) bond motifs is 3. The van der Waals surface area contributed by atoms with E-state index >= 15 is 0 Å². The molecule has 2 aromatic rings. The van der Waals surface area contributed by atoms with Crippen molar-refractivity contribution < 1.29 is 5.79 Å². The molecule has 0 bridgehead atoms. The quantitative estimate of drug-likeness (QED) is 0.595. The van der Waals surface area contributed by atoms with Gasteiger partial charge in [-0.2, -0.15) is 0 Å². The van der Waals surface area contributed by atoms with Crippen LogP contribution < -0.4 is 0 Å². The van der Waals surface area contributed by atoms with E-state index in [4.69, 9.17) is 5.79 Å². The van der Waals surface area contributed by atoms with Gasteiger partial charge in [0.15, 0.2) is 0 Å². The number of benzene rings is 1. The van der Waals surface area contributed by atoms with Gasteiger partial charge in [0.2, 0.25) is 0 Å². The molecule has 1 nitrogen and oxygen atoms in total. The van der Waals surface area contributed by atoms with Gasteiger partial charge in [-0.3, -0.25) is 0 Å². The first-order valence-electron chi connectivity index (χ1n) is 5.36.